The number of anilines is 1. The summed E-state index contributed by atoms with van der Waals surface area (Å²) in [5.74, 6) is 0.364. The Bertz CT molecular complexity index is 632. The number of piperidine rings is 1. The SMILES string of the molecule is CN1C(C)(C)CC2(CC1(C)C)NC(=O)N(c1ccccc1)C2=N. The maximum atomic E-state index is 12.6. The molecule has 23 heavy (non-hydrogen) atoms. The zero-order valence-corrected chi connectivity index (χ0v) is 14.6. The first-order valence-electron chi connectivity index (χ1n) is 8.09. The van der Waals surface area contributed by atoms with Gasteiger partial charge in [-0.3, -0.25) is 10.3 Å². The fraction of sp³-hybridized carbons (Fsp3) is 0.556. The number of amides is 2. The first-order chi connectivity index (χ1) is 10.6. The molecule has 0 aliphatic carbocycles. The van der Waals surface area contributed by atoms with Crippen LogP contribution in [0.2, 0.25) is 0 Å². The highest BCUT2D eigenvalue weighted by Gasteiger charge is 2.58. The van der Waals surface area contributed by atoms with E-state index in [1.807, 2.05) is 30.3 Å². The molecule has 0 saturated carbocycles. The summed E-state index contributed by atoms with van der Waals surface area (Å²) in [6.07, 6.45) is 1.46. The topological polar surface area (TPSA) is 59.4 Å². The summed E-state index contributed by atoms with van der Waals surface area (Å²) in [6.45, 7) is 8.72. The molecule has 2 aliphatic rings. The number of urea groups is 1. The van der Waals surface area contributed by atoms with E-state index in [0.717, 1.165) is 18.5 Å². The van der Waals surface area contributed by atoms with Crippen molar-refractivity contribution in [2.75, 3.05) is 11.9 Å². The van der Waals surface area contributed by atoms with Crippen LogP contribution in [0.5, 0.6) is 0 Å². The molecule has 0 unspecified atom stereocenters. The van der Waals surface area contributed by atoms with Crippen molar-refractivity contribution in [3.05, 3.63) is 30.3 Å². The van der Waals surface area contributed by atoms with Crippen LogP contribution >= 0.6 is 0 Å². The number of rotatable bonds is 1. The minimum atomic E-state index is -0.605. The van der Waals surface area contributed by atoms with E-state index >= 15 is 0 Å². The Balaban J connectivity index is 2.01. The number of benzene rings is 1. The van der Waals surface area contributed by atoms with Crippen molar-refractivity contribution < 1.29 is 4.79 Å². The van der Waals surface area contributed by atoms with Crippen LogP contribution in [-0.4, -0.2) is 40.4 Å². The highest BCUT2D eigenvalue weighted by Crippen LogP contribution is 2.45. The molecule has 2 N–H and O–H groups in total. The summed E-state index contributed by atoms with van der Waals surface area (Å²) in [5.41, 5.74) is -0.0597. The quantitative estimate of drug-likeness (QED) is 0.836. The smallest absolute Gasteiger partial charge is 0.325 e. The first kappa shape index (κ1) is 16.0. The molecule has 0 aromatic heterocycles. The number of amidine groups is 1. The Morgan fingerprint density at radius 1 is 1.04 bits per heavy atom. The van der Waals surface area contributed by atoms with Crippen molar-refractivity contribution in [2.24, 2.45) is 0 Å². The fourth-order valence-corrected chi connectivity index (χ4v) is 4.31. The monoisotopic (exact) mass is 314 g/mol. The van der Waals surface area contributed by atoms with E-state index in [4.69, 9.17) is 5.41 Å². The number of likely N-dealkylation sites (tertiary alicyclic amines) is 1. The van der Waals surface area contributed by atoms with E-state index in [2.05, 4.69) is 45.0 Å². The molecular weight excluding hydrogens is 288 g/mol. The Kier molecular flexibility index (Phi) is 3.34. The van der Waals surface area contributed by atoms with Crippen molar-refractivity contribution >= 4 is 17.6 Å². The molecule has 1 spiro atoms. The van der Waals surface area contributed by atoms with E-state index in [0.29, 0.717) is 5.84 Å². The van der Waals surface area contributed by atoms with Gasteiger partial charge in [-0.25, -0.2) is 9.69 Å². The van der Waals surface area contributed by atoms with Crippen LogP contribution in [0.4, 0.5) is 10.5 Å². The Morgan fingerprint density at radius 3 is 2.09 bits per heavy atom. The molecule has 2 saturated heterocycles. The van der Waals surface area contributed by atoms with Gasteiger partial charge >= 0.3 is 6.03 Å². The van der Waals surface area contributed by atoms with Gasteiger partial charge in [-0.2, -0.15) is 0 Å². The summed E-state index contributed by atoms with van der Waals surface area (Å²) in [5, 5.41) is 11.9. The van der Waals surface area contributed by atoms with Crippen molar-refractivity contribution in [3.8, 4) is 0 Å². The van der Waals surface area contributed by atoms with Gasteiger partial charge < -0.3 is 5.32 Å². The minimum absolute atomic E-state index is 0.103. The zero-order valence-electron chi connectivity index (χ0n) is 14.6. The van der Waals surface area contributed by atoms with E-state index in [-0.39, 0.29) is 17.1 Å². The van der Waals surface area contributed by atoms with Gasteiger partial charge in [0.15, 0.2) is 0 Å². The third-order valence-corrected chi connectivity index (χ3v) is 5.53. The second kappa shape index (κ2) is 4.81. The molecular formula is C18H26N4O. The predicted octanol–water partition coefficient (Wildman–Crippen LogP) is 3.22. The number of hydrogen-bond donors (Lipinski definition) is 2. The van der Waals surface area contributed by atoms with Gasteiger partial charge in [0.2, 0.25) is 0 Å². The van der Waals surface area contributed by atoms with Crippen molar-refractivity contribution in [3.63, 3.8) is 0 Å². The van der Waals surface area contributed by atoms with E-state index in [1.54, 1.807) is 0 Å². The van der Waals surface area contributed by atoms with Crippen LogP contribution in [0.25, 0.3) is 0 Å². The summed E-state index contributed by atoms with van der Waals surface area (Å²) >= 11 is 0. The van der Waals surface area contributed by atoms with Gasteiger partial charge in [-0.05, 0) is 59.7 Å². The lowest BCUT2D eigenvalue weighted by Gasteiger charge is -2.56. The molecule has 0 bridgehead atoms. The van der Waals surface area contributed by atoms with Crippen LogP contribution in [0, 0.1) is 5.41 Å². The number of carbonyl (C=O) groups excluding carboxylic acids is 1. The zero-order chi connectivity index (χ0) is 17.0. The summed E-state index contributed by atoms with van der Waals surface area (Å²) in [7, 11) is 2.13. The summed E-state index contributed by atoms with van der Waals surface area (Å²) in [6, 6.07) is 9.25. The van der Waals surface area contributed by atoms with Gasteiger partial charge in [0.25, 0.3) is 0 Å². The number of para-hydroxylation sites is 1. The highest BCUT2D eigenvalue weighted by molar-refractivity contribution is 6.24. The molecule has 0 atom stereocenters. The lowest BCUT2D eigenvalue weighted by atomic mass is 9.69. The average Bonchev–Trinajstić information content (AvgIpc) is 2.67. The lowest BCUT2D eigenvalue weighted by Crippen LogP contribution is -2.68. The third-order valence-electron chi connectivity index (χ3n) is 5.53. The average molecular weight is 314 g/mol. The Hall–Kier alpha value is -1.88. The molecule has 5 nitrogen and oxygen atoms in total. The number of hydrogen-bond acceptors (Lipinski definition) is 3. The molecule has 0 radical (unpaired) electrons. The van der Waals surface area contributed by atoms with Crippen molar-refractivity contribution in [2.45, 2.75) is 57.2 Å². The van der Waals surface area contributed by atoms with Crippen LogP contribution in [0.1, 0.15) is 40.5 Å². The molecule has 124 valence electrons. The van der Waals surface area contributed by atoms with Crippen molar-refractivity contribution in [1.82, 2.24) is 10.2 Å². The van der Waals surface area contributed by atoms with Gasteiger partial charge in [-0.1, -0.05) is 18.2 Å². The second-order valence-electron chi connectivity index (χ2n) is 8.07. The first-order valence-corrected chi connectivity index (χ1v) is 8.09. The number of carbonyl (C=O) groups is 1. The maximum absolute atomic E-state index is 12.6. The molecule has 3 rings (SSSR count). The largest absolute Gasteiger partial charge is 0.328 e. The lowest BCUT2D eigenvalue weighted by molar-refractivity contribution is -0.0278. The van der Waals surface area contributed by atoms with Gasteiger partial charge in [0.05, 0.1) is 5.69 Å². The van der Waals surface area contributed by atoms with E-state index < -0.39 is 5.54 Å². The van der Waals surface area contributed by atoms with Gasteiger partial charge in [0.1, 0.15) is 11.4 Å². The molecule has 1 aromatic rings. The summed E-state index contributed by atoms with van der Waals surface area (Å²) < 4.78 is 0. The molecule has 2 amide bonds. The molecule has 1 aromatic carbocycles. The van der Waals surface area contributed by atoms with Crippen LogP contribution in [0.3, 0.4) is 0 Å². The predicted molar refractivity (Wildman–Crippen MR) is 93.1 cm³/mol. The Labute approximate surface area is 138 Å². The second-order valence-corrected chi connectivity index (χ2v) is 8.07. The van der Waals surface area contributed by atoms with Crippen molar-refractivity contribution in [1.29, 1.82) is 5.41 Å². The minimum Gasteiger partial charge on any atom is -0.325 e. The number of nitrogens with one attached hydrogen (secondary N) is 2. The Morgan fingerprint density at radius 2 is 1.57 bits per heavy atom. The van der Waals surface area contributed by atoms with Crippen LogP contribution in [0.15, 0.2) is 30.3 Å². The molecule has 2 aliphatic heterocycles. The third kappa shape index (κ3) is 2.34. The van der Waals surface area contributed by atoms with E-state index in [1.165, 1.54) is 4.90 Å². The maximum Gasteiger partial charge on any atom is 0.328 e. The summed E-state index contributed by atoms with van der Waals surface area (Å²) in [4.78, 5) is 16.5. The number of nitrogens with zero attached hydrogens (tertiary/aromatic N) is 2. The van der Waals surface area contributed by atoms with Crippen LogP contribution in [-0.2, 0) is 0 Å². The highest BCUT2D eigenvalue weighted by atomic mass is 16.2. The van der Waals surface area contributed by atoms with Crippen LogP contribution < -0.4 is 10.2 Å². The standard InChI is InChI=1S/C18H26N4O/c1-16(2)11-18(12-17(3,4)21(16)5)14(19)22(15(23)20-18)13-9-7-6-8-10-13/h6-10,19H,11-12H2,1-5H3,(H,20,23). The van der Waals surface area contributed by atoms with Gasteiger partial charge in [0, 0.05) is 11.1 Å². The molecule has 2 fully saturated rings. The fourth-order valence-electron chi connectivity index (χ4n) is 4.31. The van der Waals surface area contributed by atoms with Gasteiger partial charge in [-0.15, -0.1) is 0 Å². The molecule has 5 heteroatoms. The van der Waals surface area contributed by atoms with E-state index in [9.17, 15) is 4.79 Å². The molecule has 2 heterocycles. The normalized spacial score (nSPS) is 25.7.